The number of halogens is 1. The molecule has 3 aromatic rings. The van der Waals surface area contributed by atoms with E-state index in [1.807, 2.05) is 18.2 Å². The fourth-order valence-electron chi connectivity index (χ4n) is 4.39. The van der Waals surface area contributed by atoms with Crippen LogP contribution in [0.4, 0.5) is 5.69 Å². The number of fused-ring (bicyclic) bond motifs is 2. The Kier molecular flexibility index (Phi) is 4.47. The Morgan fingerprint density at radius 1 is 1.17 bits per heavy atom. The molecule has 0 spiro atoms. The van der Waals surface area contributed by atoms with Gasteiger partial charge in [-0.15, -0.1) is 0 Å². The molecule has 1 aromatic heterocycles. The van der Waals surface area contributed by atoms with E-state index in [1.165, 1.54) is 0 Å². The molecule has 0 saturated carbocycles. The molecule has 2 amide bonds. The topological polar surface area (TPSA) is 67.7 Å². The van der Waals surface area contributed by atoms with E-state index in [2.05, 4.69) is 5.10 Å². The molecule has 2 fully saturated rings. The second-order valence-corrected chi connectivity index (χ2v) is 7.79. The van der Waals surface area contributed by atoms with Gasteiger partial charge in [0, 0.05) is 24.0 Å². The number of aromatic nitrogens is 2. The van der Waals surface area contributed by atoms with E-state index in [0.29, 0.717) is 40.7 Å². The van der Waals surface area contributed by atoms with Crippen molar-refractivity contribution in [3.05, 3.63) is 71.5 Å². The molecule has 3 heterocycles. The van der Waals surface area contributed by atoms with Gasteiger partial charge in [-0.1, -0.05) is 23.7 Å². The average Bonchev–Trinajstić information content (AvgIpc) is 3.50. The fraction of sp³-hybridized carbons (Fsp3) is 0.227. The van der Waals surface area contributed by atoms with Crippen LogP contribution in [0.1, 0.15) is 16.8 Å². The lowest BCUT2D eigenvalue weighted by Gasteiger charge is -2.34. The zero-order valence-corrected chi connectivity index (χ0v) is 17.0. The molecule has 5 rings (SSSR count). The number of amides is 2. The Morgan fingerprint density at radius 3 is 2.73 bits per heavy atom. The van der Waals surface area contributed by atoms with Gasteiger partial charge in [0.2, 0.25) is 5.91 Å². The van der Waals surface area contributed by atoms with Crippen molar-refractivity contribution in [2.45, 2.75) is 18.5 Å². The van der Waals surface area contributed by atoms with Crippen LogP contribution >= 0.6 is 11.6 Å². The van der Waals surface area contributed by atoms with Crippen molar-refractivity contribution < 1.29 is 14.3 Å². The van der Waals surface area contributed by atoms with Crippen LogP contribution in [-0.2, 0) is 4.79 Å². The van der Waals surface area contributed by atoms with Crippen LogP contribution in [0.15, 0.2) is 60.9 Å². The predicted molar refractivity (Wildman–Crippen MR) is 112 cm³/mol. The number of carbonyl (C=O) groups is 2. The zero-order valence-electron chi connectivity index (χ0n) is 16.2. The van der Waals surface area contributed by atoms with Crippen LogP contribution in [0.3, 0.4) is 0 Å². The molecular weight excluding hydrogens is 404 g/mol. The normalized spacial score (nSPS) is 20.1. The van der Waals surface area contributed by atoms with E-state index in [4.69, 9.17) is 16.3 Å². The number of piperazine rings is 1. The molecule has 0 unspecified atom stereocenters. The summed E-state index contributed by atoms with van der Waals surface area (Å²) < 4.78 is 7.09. The lowest BCUT2D eigenvalue weighted by Crippen LogP contribution is -2.52. The summed E-state index contributed by atoms with van der Waals surface area (Å²) in [4.78, 5) is 30.0. The number of nitrogens with zero attached hydrogens (tertiary/aromatic N) is 4. The van der Waals surface area contributed by atoms with Gasteiger partial charge < -0.3 is 14.5 Å². The molecule has 0 N–H and O–H groups in total. The third-order valence-electron chi connectivity index (χ3n) is 5.71. The average molecular weight is 423 g/mol. The summed E-state index contributed by atoms with van der Waals surface area (Å²) in [6.07, 6.45) is 4.05. The number of carbonyl (C=O) groups excluding carboxylic acids is 2. The summed E-state index contributed by atoms with van der Waals surface area (Å²) in [5.41, 5.74) is 1.86. The Labute approximate surface area is 178 Å². The highest BCUT2D eigenvalue weighted by Crippen LogP contribution is 2.41. The van der Waals surface area contributed by atoms with Crippen LogP contribution in [0.25, 0.3) is 5.69 Å². The lowest BCUT2D eigenvalue weighted by molar-refractivity contribution is -0.121. The van der Waals surface area contributed by atoms with Gasteiger partial charge in [-0.25, -0.2) is 4.68 Å². The molecule has 152 valence electrons. The third kappa shape index (κ3) is 2.85. The van der Waals surface area contributed by atoms with Crippen molar-refractivity contribution in [2.75, 3.05) is 18.6 Å². The van der Waals surface area contributed by atoms with E-state index in [9.17, 15) is 9.59 Å². The number of anilines is 1. The summed E-state index contributed by atoms with van der Waals surface area (Å²) in [5, 5.41) is 4.77. The number of hydrogen-bond acceptors (Lipinski definition) is 4. The highest BCUT2D eigenvalue weighted by Gasteiger charge is 2.52. The molecule has 2 aliphatic rings. The number of ether oxygens (including phenoxy) is 1. The van der Waals surface area contributed by atoms with Gasteiger partial charge in [0.05, 0.1) is 30.1 Å². The Balaban J connectivity index is 1.45. The first-order valence-electron chi connectivity index (χ1n) is 9.65. The van der Waals surface area contributed by atoms with Crippen molar-refractivity contribution in [2.24, 2.45) is 0 Å². The van der Waals surface area contributed by atoms with Crippen LogP contribution in [0.5, 0.6) is 5.75 Å². The van der Waals surface area contributed by atoms with E-state index in [-0.39, 0.29) is 17.9 Å². The monoisotopic (exact) mass is 422 g/mol. The van der Waals surface area contributed by atoms with Crippen LogP contribution < -0.4 is 9.64 Å². The summed E-state index contributed by atoms with van der Waals surface area (Å²) in [7, 11) is 1.56. The van der Waals surface area contributed by atoms with E-state index in [1.54, 1.807) is 64.3 Å². The molecule has 0 aliphatic carbocycles. The van der Waals surface area contributed by atoms with Crippen LogP contribution in [-0.4, -0.2) is 52.2 Å². The number of benzene rings is 2. The standard InChI is InChI=1S/C22H19ClN4O3/c1-30-20-8-7-14(23)11-18(20)27-15-12-19(22(27)29)25(13-15)21(28)16-5-2-3-6-17(16)26-10-4-9-24-26/h2-11,15,19H,12-13H2,1H3/t15-,19-/m0/s1. The minimum atomic E-state index is -0.503. The van der Waals surface area contributed by atoms with Crippen molar-refractivity contribution in [1.29, 1.82) is 0 Å². The van der Waals surface area contributed by atoms with E-state index in [0.717, 1.165) is 0 Å². The molecular formula is C22H19ClN4O3. The summed E-state index contributed by atoms with van der Waals surface area (Å²) in [6, 6.07) is 13.7. The second kappa shape index (κ2) is 7.18. The maximum atomic E-state index is 13.4. The lowest BCUT2D eigenvalue weighted by atomic mass is 10.1. The first-order chi connectivity index (χ1) is 14.6. The van der Waals surface area contributed by atoms with Crippen molar-refractivity contribution in [3.63, 3.8) is 0 Å². The minimum Gasteiger partial charge on any atom is -0.495 e. The van der Waals surface area contributed by atoms with Gasteiger partial charge in [0.15, 0.2) is 0 Å². The van der Waals surface area contributed by atoms with Crippen LogP contribution in [0.2, 0.25) is 5.02 Å². The number of hydrogen-bond donors (Lipinski definition) is 0. The quantitative estimate of drug-likeness (QED) is 0.647. The van der Waals surface area contributed by atoms with Gasteiger partial charge in [0.1, 0.15) is 11.8 Å². The SMILES string of the molecule is COc1ccc(Cl)cc1N1C(=O)[C@@H]2C[C@H]1CN2C(=O)c1ccccc1-n1cccn1. The van der Waals surface area contributed by atoms with E-state index < -0.39 is 6.04 Å². The van der Waals surface area contributed by atoms with Gasteiger partial charge in [-0.2, -0.15) is 5.10 Å². The number of rotatable bonds is 4. The molecule has 8 heteroatoms. The Hall–Kier alpha value is -3.32. The zero-order chi connectivity index (χ0) is 20.8. The predicted octanol–water partition coefficient (Wildman–Crippen LogP) is 3.16. The van der Waals surface area contributed by atoms with Gasteiger partial charge >= 0.3 is 0 Å². The molecule has 2 aromatic carbocycles. The molecule has 2 bridgehead atoms. The van der Waals surface area contributed by atoms with Crippen molar-refractivity contribution in [1.82, 2.24) is 14.7 Å². The highest BCUT2D eigenvalue weighted by molar-refractivity contribution is 6.31. The molecule has 0 radical (unpaired) electrons. The smallest absolute Gasteiger partial charge is 0.256 e. The second-order valence-electron chi connectivity index (χ2n) is 7.36. The summed E-state index contributed by atoms with van der Waals surface area (Å²) in [5.74, 6) is 0.304. The first-order valence-corrected chi connectivity index (χ1v) is 10.0. The molecule has 2 saturated heterocycles. The summed E-state index contributed by atoms with van der Waals surface area (Å²) in [6.45, 7) is 0.457. The largest absolute Gasteiger partial charge is 0.495 e. The molecule has 7 nitrogen and oxygen atoms in total. The highest BCUT2D eigenvalue weighted by atomic mass is 35.5. The number of para-hydroxylation sites is 1. The third-order valence-corrected chi connectivity index (χ3v) is 5.95. The summed E-state index contributed by atoms with van der Waals surface area (Å²) >= 11 is 6.16. The minimum absolute atomic E-state index is 0.114. The number of methoxy groups -OCH3 is 1. The van der Waals surface area contributed by atoms with Gasteiger partial charge in [-0.05, 0) is 42.8 Å². The van der Waals surface area contributed by atoms with Gasteiger partial charge in [0.25, 0.3) is 5.91 Å². The van der Waals surface area contributed by atoms with E-state index >= 15 is 0 Å². The van der Waals surface area contributed by atoms with Crippen molar-refractivity contribution >= 4 is 29.1 Å². The maximum Gasteiger partial charge on any atom is 0.256 e. The van der Waals surface area contributed by atoms with Crippen molar-refractivity contribution in [3.8, 4) is 11.4 Å². The fourth-order valence-corrected chi connectivity index (χ4v) is 4.55. The Bertz CT molecular complexity index is 1130. The molecule has 30 heavy (non-hydrogen) atoms. The molecule has 2 atom stereocenters. The first kappa shape index (κ1) is 18.7. The van der Waals surface area contributed by atoms with Crippen LogP contribution in [0, 0.1) is 0 Å². The van der Waals surface area contributed by atoms with Gasteiger partial charge in [-0.3, -0.25) is 9.59 Å². The molecule has 2 aliphatic heterocycles. The maximum absolute atomic E-state index is 13.4. The number of likely N-dealkylation sites (tertiary alicyclic amines) is 1. The Morgan fingerprint density at radius 2 is 2.00 bits per heavy atom.